The summed E-state index contributed by atoms with van der Waals surface area (Å²) in [7, 11) is 0. The highest BCUT2D eigenvalue weighted by Gasteiger charge is 2.22. The molecule has 436 valence electrons. The van der Waals surface area contributed by atoms with Crippen molar-refractivity contribution in [1.82, 2.24) is 37.2 Å². The summed E-state index contributed by atoms with van der Waals surface area (Å²) < 4.78 is 1.82. The molecule has 80 heavy (non-hydrogen) atoms. The van der Waals surface area contributed by atoms with Crippen LogP contribution in [0.1, 0.15) is 49.2 Å². The Labute approximate surface area is 500 Å². The van der Waals surface area contributed by atoms with E-state index < -0.39 is 59.9 Å². The van der Waals surface area contributed by atoms with E-state index in [0.717, 1.165) is 23.7 Å². The highest BCUT2D eigenvalue weighted by Crippen LogP contribution is 2.15. The number of aliphatic carboxylic acids is 4. The van der Waals surface area contributed by atoms with E-state index in [1.807, 2.05) is 60.7 Å². The fraction of sp³-hybridized carbons (Fsp3) is 0.327. The predicted octanol–water partition coefficient (Wildman–Crippen LogP) is 4.51. The standard InChI is InChI=1S/C14H18N2O3S2.C13H14N2O6S2.C13H16N2O3S2.C9H14N2O3S2/c1-10(17)16-12(13(18)19)9-21-14(20)15-8-7-11-5-3-2-4-6-11;1-7(16)14-10(11(17)18)6-23-13(22)15-9-4-2-8(3-5-9)12(19)21-20;1-9(16)15-11(12(17)18)8-20-13(19)14-7-10-5-3-2-4-6-10;1-3-4-10-9(15)16-5-7(8(13)14)11-6(2)12/h2-6,12H,7-9H2,1H3,(H,15,20)(H,16,17)(H,18,19);2-5,10,20H,6H2,1H3,(H,14,16)(H,15,22)(H,17,18);2-6,11H,7-8H2,1H3,(H,14,19)(H,15,16)(H,17,18);3,7H,1,4-5H2,2H3,(H,10,15)(H,11,12)(H,13,14). The van der Waals surface area contributed by atoms with E-state index in [2.05, 4.69) is 54.0 Å². The molecule has 0 aliphatic carbocycles. The number of carboxylic acids is 4. The van der Waals surface area contributed by atoms with Crippen molar-refractivity contribution in [2.45, 2.75) is 64.8 Å². The molecule has 23 nitrogen and oxygen atoms in total. The van der Waals surface area contributed by atoms with Gasteiger partial charge in [0.25, 0.3) is 0 Å². The zero-order valence-electron chi connectivity index (χ0n) is 43.4. The summed E-state index contributed by atoms with van der Waals surface area (Å²) in [5.74, 6) is -6.16. The molecule has 0 aliphatic rings. The van der Waals surface area contributed by atoms with Gasteiger partial charge in [-0.25, -0.2) is 24.0 Å². The minimum atomic E-state index is -1.15. The van der Waals surface area contributed by atoms with Crippen LogP contribution in [-0.4, -0.2) is 157 Å². The number of benzene rings is 3. The second-order valence-electron chi connectivity index (χ2n) is 15.5. The normalized spacial score (nSPS) is 11.4. The average molecular weight is 1260 g/mol. The highest BCUT2D eigenvalue weighted by molar-refractivity contribution is 8.24. The molecular formula is C49H62N8O15S8. The Morgan fingerprint density at radius 2 is 0.863 bits per heavy atom. The average Bonchev–Trinajstić information content (AvgIpc) is 3.40. The van der Waals surface area contributed by atoms with Crippen LogP contribution in [-0.2, 0) is 56.2 Å². The maximum absolute atomic E-state index is 11.1. The molecule has 31 heteroatoms. The van der Waals surface area contributed by atoms with Crippen LogP contribution >= 0.6 is 95.9 Å². The van der Waals surface area contributed by atoms with Crippen molar-refractivity contribution in [1.29, 1.82) is 0 Å². The van der Waals surface area contributed by atoms with Gasteiger partial charge >= 0.3 is 29.8 Å². The van der Waals surface area contributed by atoms with Crippen molar-refractivity contribution in [3.05, 3.63) is 114 Å². The molecule has 4 unspecified atom stereocenters. The monoisotopic (exact) mass is 1260 g/mol. The molecule has 0 aliphatic heterocycles. The molecule has 3 rings (SSSR count). The van der Waals surface area contributed by atoms with E-state index >= 15 is 0 Å². The lowest BCUT2D eigenvalue weighted by atomic mass is 10.2. The molecule has 0 heterocycles. The van der Waals surface area contributed by atoms with Crippen LogP contribution in [0.2, 0.25) is 0 Å². The number of carbonyl (C=O) groups is 9. The van der Waals surface area contributed by atoms with E-state index in [4.69, 9.17) is 74.6 Å². The quantitative estimate of drug-likeness (QED) is 0.0240. The molecule has 3 aromatic carbocycles. The first-order valence-corrected chi connectivity index (χ1v) is 28.7. The smallest absolute Gasteiger partial charge is 0.372 e. The number of carboxylic acid groups (broad SMARTS) is 4. The summed E-state index contributed by atoms with van der Waals surface area (Å²) in [6.45, 7) is 10.4. The molecule has 0 bridgehead atoms. The fourth-order valence-electron chi connectivity index (χ4n) is 5.24. The molecule has 4 amide bonds. The zero-order valence-corrected chi connectivity index (χ0v) is 50.0. The minimum Gasteiger partial charge on any atom is -0.480 e. The van der Waals surface area contributed by atoms with E-state index in [0.29, 0.717) is 42.6 Å². The lowest BCUT2D eigenvalue weighted by molar-refractivity contribution is -0.182. The highest BCUT2D eigenvalue weighted by atomic mass is 32.2. The molecule has 0 radical (unpaired) electrons. The van der Waals surface area contributed by atoms with Gasteiger partial charge in [0, 0.05) is 76.0 Å². The van der Waals surface area contributed by atoms with Crippen molar-refractivity contribution < 1.29 is 73.7 Å². The number of thiocarbonyl (C=S) groups is 4. The molecule has 0 aromatic heterocycles. The number of hydrogen-bond donors (Lipinski definition) is 13. The Kier molecular flexibility index (Phi) is 39.9. The number of nitrogens with one attached hydrogen (secondary N) is 8. The molecule has 4 atom stereocenters. The Morgan fingerprint density at radius 3 is 1.21 bits per heavy atom. The lowest BCUT2D eigenvalue weighted by Gasteiger charge is -2.13. The SMILES string of the molecule is C=CCNC(=S)SCC(NC(C)=O)C(=O)O.CC(=O)NC(CSC(=S)NCCc1ccccc1)C(=O)O.CC(=O)NC(CSC(=S)NCc1ccccc1)C(=O)O.CC(=O)NC(CSC(=S)Nc1ccc(C(=O)OO)cc1)C(=O)O. The third-order valence-corrected chi connectivity index (χ3v) is 14.4. The van der Waals surface area contributed by atoms with E-state index in [9.17, 15) is 43.2 Å². The number of rotatable bonds is 25. The summed E-state index contributed by atoms with van der Waals surface area (Å²) in [5, 5.41) is 65.1. The van der Waals surface area contributed by atoms with Crippen LogP contribution in [0.4, 0.5) is 5.69 Å². The summed E-state index contributed by atoms with van der Waals surface area (Å²) in [5.41, 5.74) is 3.03. The topological polar surface area (TPSA) is 360 Å². The minimum absolute atomic E-state index is 0.0651. The zero-order chi connectivity index (χ0) is 60.6. The lowest BCUT2D eigenvalue weighted by Crippen LogP contribution is -2.42. The first-order valence-electron chi connectivity index (χ1n) is 23.1. The number of anilines is 1. The van der Waals surface area contributed by atoms with Crippen molar-refractivity contribution >= 4 is 172 Å². The second kappa shape index (κ2) is 43.4. The number of carbonyl (C=O) groups excluding carboxylic acids is 5. The van der Waals surface area contributed by atoms with Crippen LogP contribution in [0.5, 0.6) is 0 Å². The van der Waals surface area contributed by atoms with Crippen molar-refractivity contribution in [3.8, 4) is 0 Å². The van der Waals surface area contributed by atoms with Crippen LogP contribution in [0.25, 0.3) is 0 Å². The first-order chi connectivity index (χ1) is 37.8. The van der Waals surface area contributed by atoms with Gasteiger partial charge in [-0.3, -0.25) is 24.1 Å². The van der Waals surface area contributed by atoms with Gasteiger partial charge in [-0.1, -0.05) is 163 Å². The maximum Gasteiger partial charge on any atom is 0.372 e. The number of hydrogen-bond acceptors (Lipinski definition) is 19. The largest absolute Gasteiger partial charge is 0.480 e. The van der Waals surface area contributed by atoms with Gasteiger partial charge in [-0.2, -0.15) is 5.26 Å². The van der Waals surface area contributed by atoms with Crippen LogP contribution in [0, 0.1) is 0 Å². The van der Waals surface area contributed by atoms with Crippen molar-refractivity contribution in [2.75, 3.05) is 41.4 Å². The van der Waals surface area contributed by atoms with Gasteiger partial charge in [0.15, 0.2) is 0 Å². The van der Waals surface area contributed by atoms with Crippen LogP contribution in [0.15, 0.2) is 97.6 Å². The van der Waals surface area contributed by atoms with Gasteiger partial charge in [0.05, 0.1) is 5.56 Å². The van der Waals surface area contributed by atoms with Gasteiger partial charge in [-0.15, -0.1) is 6.58 Å². The van der Waals surface area contributed by atoms with E-state index in [1.54, 1.807) is 18.2 Å². The van der Waals surface area contributed by atoms with Gasteiger partial charge in [-0.05, 0) is 41.8 Å². The predicted molar refractivity (Wildman–Crippen MR) is 329 cm³/mol. The number of amides is 4. The van der Waals surface area contributed by atoms with Gasteiger partial charge in [0.2, 0.25) is 23.6 Å². The fourth-order valence-corrected chi connectivity index (χ4v) is 9.37. The molecule has 13 N–H and O–H groups in total. The van der Waals surface area contributed by atoms with E-state index in [1.165, 1.54) is 80.7 Å². The second-order valence-corrected chi connectivity index (χ2v) is 22.3. The molecule has 0 saturated heterocycles. The Hall–Kier alpha value is -6.45. The van der Waals surface area contributed by atoms with Gasteiger partial charge in [0.1, 0.15) is 41.4 Å². The molecular weight excluding hydrogens is 1200 g/mol. The van der Waals surface area contributed by atoms with Gasteiger partial charge < -0.3 is 63.0 Å². The summed E-state index contributed by atoms with van der Waals surface area (Å²) in [6, 6.07) is 21.8. The molecule has 0 spiro atoms. The first kappa shape index (κ1) is 73.5. The maximum atomic E-state index is 11.1. The summed E-state index contributed by atoms with van der Waals surface area (Å²) >= 11 is 24.9. The number of thioether (sulfide) groups is 4. The molecule has 3 aromatic rings. The van der Waals surface area contributed by atoms with E-state index in [-0.39, 0.29) is 46.3 Å². The third-order valence-electron chi connectivity index (χ3n) is 8.87. The molecule has 0 fully saturated rings. The Bertz CT molecular complexity index is 2560. The van der Waals surface area contributed by atoms with Crippen molar-refractivity contribution in [2.24, 2.45) is 0 Å². The Morgan fingerprint density at radius 1 is 0.512 bits per heavy atom. The summed E-state index contributed by atoms with van der Waals surface area (Å²) in [6.07, 6.45) is 2.49. The summed E-state index contributed by atoms with van der Waals surface area (Å²) in [4.78, 5) is 102. The van der Waals surface area contributed by atoms with Crippen molar-refractivity contribution in [3.63, 3.8) is 0 Å². The molecule has 0 saturated carbocycles. The van der Waals surface area contributed by atoms with Crippen LogP contribution in [0.3, 0.4) is 0 Å². The third kappa shape index (κ3) is 38.2. The Balaban J connectivity index is 0.00000105. The van der Waals surface area contributed by atoms with Crippen LogP contribution < -0.4 is 42.5 Å².